The maximum absolute atomic E-state index is 13.3. The lowest BCUT2D eigenvalue weighted by molar-refractivity contribution is 0.222. The van der Waals surface area contributed by atoms with Gasteiger partial charge in [0, 0.05) is 12.1 Å². The molecule has 7 heteroatoms. The zero-order valence-electron chi connectivity index (χ0n) is 12.0. The highest BCUT2D eigenvalue weighted by Crippen LogP contribution is 2.21. The van der Waals surface area contributed by atoms with Crippen molar-refractivity contribution in [1.29, 1.82) is 0 Å². The summed E-state index contributed by atoms with van der Waals surface area (Å²) in [6.07, 6.45) is -0.111. The molecule has 0 aliphatic heterocycles. The molecule has 2 rings (SSSR count). The summed E-state index contributed by atoms with van der Waals surface area (Å²) in [6, 6.07) is 3.61. The van der Waals surface area contributed by atoms with Gasteiger partial charge in [0.1, 0.15) is 0 Å². The van der Waals surface area contributed by atoms with E-state index in [0.29, 0.717) is 18.1 Å². The van der Waals surface area contributed by atoms with Gasteiger partial charge in [0.05, 0.1) is 6.10 Å². The molecule has 0 saturated heterocycles. The van der Waals surface area contributed by atoms with Crippen LogP contribution in [0, 0.1) is 11.6 Å². The normalized spacial score (nSPS) is 10.8. The molecule has 0 radical (unpaired) electrons. The van der Waals surface area contributed by atoms with Crippen molar-refractivity contribution >= 4 is 5.95 Å². The van der Waals surface area contributed by atoms with Crippen LogP contribution in [0.25, 0.3) is 11.4 Å². The van der Waals surface area contributed by atoms with Crippen molar-refractivity contribution in [2.45, 2.75) is 26.9 Å². The van der Waals surface area contributed by atoms with Gasteiger partial charge in [-0.05, 0) is 39.0 Å². The fourth-order valence-corrected chi connectivity index (χ4v) is 1.62. The molecule has 0 saturated carbocycles. The van der Waals surface area contributed by atoms with E-state index < -0.39 is 11.6 Å². The van der Waals surface area contributed by atoms with Crippen molar-refractivity contribution in [2.24, 2.45) is 0 Å². The first-order chi connectivity index (χ1) is 9.99. The Kier molecular flexibility index (Phi) is 4.62. The summed E-state index contributed by atoms with van der Waals surface area (Å²) in [7, 11) is 0. The van der Waals surface area contributed by atoms with E-state index in [0.717, 1.165) is 12.1 Å². The van der Waals surface area contributed by atoms with E-state index in [9.17, 15) is 8.78 Å². The summed E-state index contributed by atoms with van der Waals surface area (Å²) in [5, 5.41) is 2.95. The van der Waals surface area contributed by atoms with Crippen LogP contribution < -0.4 is 10.1 Å². The van der Waals surface area contributed by atoms with Crippen LogP contribution in [0.4, 0.5) is 14.7 Å². The van der Waals surface area contributed by atoms with Gasteiger partial charge in [-0.1, -0.05) is 0 Å². The average Bonchev–Trinajstić information content (AvgIpc) is 2.41. The second-order valence-electron chi connectivity index (χ2n) is 4.59. The molecule has 0 fully saturated rings. The zero-order chi connectivity index (χ0) is 15.4. The van der Waals surface area contributed by atoms with E-state index in [1.165, 1.54) is 6.07 Å². The minimum atomic E-state index is -0.954. The van der Waals surface area contributed by atoms with Crippen LogP contribution in [0.2, 0.25) is 0 Å². The summed E-state index contributed by atoms with van der Waals surface area (Å²) in [5.74, 6) is -1.33. The molecule has 5 nitrogen and oxygen atoms in total. The minimum absolute atomic E-state index is 0.111. The third-order valence-electron chi connectivity index (χ3n) is 2.47. The molecule has 21 heavy (non-hydrogen) atoms. The molecule has 0 aliphatic carbocycles. The molecule has 0 bridgehead atoms. The molecule has 112 valence electrons. The van der Waals surface area contributed by atoms with Crippen LogP contribution in [0.3, 0.4) is 0 Å². The van der Waals surface area contributed by atoms with Gasteiger partial charge in [0.15, 0.2) is 17.5 Å². The van der Waals surface area contributed by atoms with E-state index in [1.807, 2.05) is 20.8 Å². The number of hydrogen-bond donors (Lipinski definition) is 1. The van der Waals surface area contributed by atoms with Gasteiger partial charge in [-0.2, -0.15) is 15.0 Å². The summed E-state index contributed by atoms with van der Waals surface area (Å²) in [6.45, 7) is 6.19. The highest BCUT2D eigenvalue weighted by molar-refractivity contribution is 5.56. The van der Waals surface area contributed by atoms with E-state index in [2.05, 4.69) is 20.3 Å². The smallest absolute Gasteiger partial charge is 0.322 e. The number of anilines is 1. The molecular formula is C14H16F2N4O. The van der Waals surface area contributed by atoms with Crippen LogP contribution in [0.5, 0.6) is 6.01 Å². The van der Waals surface area contributed by atoms with Crippen molar-refractivity contribution in [3.8, 4) is 17.4 Å². The van der Waals surface area contributed by atoms with Crippen LogP contribution in [-0.4, -0.2) is 27.6 Å². The number of nitrogens with zero attached hydrogens (tertiary/aromatic N) is 3. The summed E-state index contributed by atoms with van der Waals surface area (Å²) >= 11 is 0. The van der Waals surface area contributed by atoms with Gasteiger partial charge in [-0.15, -0.1) is 0 Å². The van der Waals surface area contributed by atoms with Crippen molar-refractivity contribution in [3.63, 3.8) is 0 Å². The van der Waals surface area contributed by atoms with Gasteiger partial charge >= 0.3 is 6.01 Å². The maximum Gasteiger partial charge on any atom is 0.322 e. The summed E-state index contributed by atoms with van der Waals surface area (Å²) in [5.41, 5.74) is 0.351. The van der Waals surface area contributed by atoms with E-state index in [4.69, 9.17) is 4.74 Å². The highest BCUT2D eigenvalue weighted by Gasteiger charge is 2.12. The summed E-state index contributed by atoms with van der Waals surface area (Å²) < 4.78 is 31.8. The quantitative estimate of drug-likeness (QED) is 0.918. The van der Waals surface area contributed by atoms with Crippen molar-refractivity contribution in [3.05, 3.63) is 29.8 Å². The summed E-state index contributed by atoms with van der Waals surface area (Å²) in [4.78, 5) is 12.4. The van der Waals surface area contributed by atoms with E-state index in [-0.39, 0.29) is 17.9 Å². The largest absolute Gasteiger partial charge is 0.461 e. The van der Waals surface area contributed by atoms with Crippen LogP contribution in [0.15, 0.2) is 18.2 Å². The molecule has 1 aromatic heterocycles. The Labute approximate surface area is 121 Å². The Morgan fingerprint density at radius 2 is 1.90 bits per heavy atom. The first-order valence-electron chi connectivity index (χ1n) is 6.61. The highest BCUT2D eigenvalue weighted by atomic mass is 19.2. The lowest BCUT2D eigenvalue weighted by atomic mass is 10.2. The van der Waals surface area contributed by atoms with Crippen LogP contribution in [-0.2, 0) is 0 Å². The fraction of sp³-hybridized carbons (Fsp3) is 0.357. The lowest BCUT2D eigenvalue weighted by Gasteiger charge is -2.11. The first-order valence-corrected chi connectivity index (χ1v) is 6.61. The van der Waals surface area contributed by atoms with Crippen LogP contribution >= 0.6 is 0 Å². The third kappa shape index (κ3) is 3.84. The van der Waals surface area contributed by atoms with Crippen molar-refractivity contribution in [1.82, 2.24) is 15.0 Å². The molecule has 0 aliphatic rings. The molecule has 0 spiro atoms. The van der Waals surface area contributed by atoms with Gasteiger partial charge < -0.3 is 10.1 Å². The predicted octanol–water partition coefficient (Wildman–Crippen LogP) is 3.04. The van der Waals surface area contributed by atoms with Gasteiger partial charge in [-0.25, -0.2) is 8.78 Å². The van der Waals surface area contributed by atoms with E-state index >= 15 is 0 Å². The Morgan fingerprint density at radius 1 is 1.14 bits per heavy atom. The molecule has 1 heterocycles. The Balaban J connectivity index is 2.45. The average molecular weight is 294 g/mol. The molecule has 1 N–H and O–H groups in total. The first kappa shape index (κ1) is 15.1. The standard InChI is InChI=1S/C14H16F2N4O/c1-4-17-13-18-12(19-14(20-13)21-8(2)3)9-5-6-10(15)11(16)7-9/h5-8H,4H2,1-3H3,(H,17,18,19,20). The maximum atomic E-state index is 13.3. The molecule has 0 amide bonds. The molecule has 0 unspecified atom stereocenters. The fourth-order valence-electron chi connectivity index (χ4n) is 1.62. The molecule has 1 aromatic carbocycles. The number of hydrogen-bond acceptors (Lipinski definition) is 5. The van der Waals surface area contributed by atoms with Crippen molar-refractivity contribution in [2.75, 3.05) is 11.9 Å². The monoisotopic (exact) mass is 294 g/mol. The predicted molar refractivity (Wildman–Crippen MR) is 75.1 cm³/mol. The lowest BCUT2D eigenvalue weighted by Crippen LogP contribution is -2.12. The molecular weight excluding hydrogens is 278 g/mol. The van der Waals surface area contributed by atoms with Gasteiger partial charge in [0.25, 0.3) is 0 Å². The second-order valence-corrected chi connectivity index (χ2v) is 4.59. The number of ether oxygens (including phenoxy) is 1. The SMILES string of the molecule is CCNc1nc(OC(C)C)nc(-c2ccc(F)c(F)c2)n1. The number of nitrogens with one attached hydrogen (secondary N) is 1. The van der Waals surface area contributed by atoms with Crippen molar-refractivity contribution < 1.29 is 13.5 Å². The minimum Gasteiger partial charge on any atom is -0.461 e. The van der Waals surface area contributed by atoms with Gasteiger partial charge in [0.2, 0.25) is 5.95 Å². The van der Waals surface area contributed by atoms with E-state index in [1.54, 1.807) is 0 Å². The number of rotatable bonds is 5. The Bertz CT molecular complexity index is 634. The number of halogens is 2. The molecule has 0 atom stereocenters. The van der Waals surface area contributed by atoms with Crippen LogP contribution in [0.1, 0.15) is 20.8 Å². The second kappa shape index (κ2) is 6.43. The number of aromatic nitrogens is 3. The third-order valence-corrected chi connectivity index (χ3v) is 2.47. The molecule has 2 aromatic rings. The van der Waals surface area contributed by atoms with Gasteiger partial charge in [-0.3, -0.25) is 0 Å². The zero-order valence-corrected chi connectivity index (χ0v) is 12.0. The Morgan fingerprint density at radius 3 is 2.52 bits per heavy atom. The Hall–Kier alpha value is -2.31. The topological polar surface area (TPSA) is 59.9 Å². The number of benzene rings is 1.